The second kappa shape index (κ2) is 9.41. The summed E-state index contributed by atoms with van der Waals surface area (Å²) in [5, 5.41) is 6.29. The molecule has 0 aliphatic rings. The fourth-order valence-electron chi connectivity index (χ4n) is 3.62. The van der Waals surface area contributed by atoms with E-state index in [1.54, 1.807) is 25.3 Å². The minimum atomic E-state index is -0.190. The van der Waals surface area contributed by atoms with Crippen LogP contribution in [-0.4, -0.2) is 23.0 Å². The zero-order chi connectivity index (χ0) is 23.5. The van der Waals surface area contributed by atoms with E-state index in [1.807, 2.05) is 72.8 Å². The number of rotatable bonds is 6. The third-order valence-corrected chi connectivity index (χ3v) is 6.01. The van der Waals surface area contributed by atoms with Crippen LogP contribution in [0.25, 0.3) is 22.4 Å². The number of nitrogens with zero attached hydrogens (tertiary/aromatic N) is 1. The van der Waals surface area contributed by atoms with Gasteiger partial charge in [-0.1, -0.05) is 12.1 Å². The quantitative estimate of drug-likeness (QED) is 0.229. The van der Waals surface area contributed by atoms with Gasteiger partial charge in [-0.05, 0) is 94.8 Å². The summed E-state index contributed by atoms with van der Waals surface area (Å²) in [6, 6.07) is 28.9. The lowest BCUT2D eigenvalue weighted by molar-refractivity contribution is 0.102. The number of methoxy groups -OCH3 is 1. The maximum atomic E-state index is 12.6. The van der Waals surface area contributed by atoms with Gasteiger partial charge in [0.15, 0.2) is 0 Å². The molecular formula is C27H21BrN4O2. The highest BCUT2D eigenvalue weighted by Crippen LogP contribution is 2.27. The molecule has 0 unspecified atom stereocenters. The van der Waals surface area contributed by atoms with Crippen molar-refractivity contribution in [3.63, 3.8) is 0 Å². The number of nitrogens with one attached hydrogen (secondary N) is 3. The predicted molar refractivity (Wildman–Crippen MR) is 140 cm³/mol. The number of anilines is 3. The van der Waals surface area contributed by atoms with Crippen molar-refractivity contribution in [2.24, 2.45) is 0 Å². The van der Waals surface area contributed by atoms with Gasteiger partial charge in [-0.25, -0.2) is 4.98 Å². The van der Waals surface area contributed by atoms with E-state index in [-0.39, 0.29) is 5.91 Å². The monoisotopic (exact) mass is 512 g/mol. The van der Waals surface area contributed by atoms with Crippen molar-refractivity contribution in [2.75, 3.05) is 17.7 Å². The van der Waals surface area contributed by atoms with Crippen molar-refractivity contribution in [1.29, 1.82) is 0 Å². The first-order chi connectivity index (χ1) is 16.6. The topological polar surface area (TPSA) is 79.0 Å². The van der Waals surface area contributed by atoms with Crippen molar-refractivity contribution < 1.29 is 9.53 Å². The molecule has 0 atom stereocenters. The molecule has 1 heterocycles. The first-order valence-electron chi connectivity index (χ1n) is 10.7. The van der Waals surface area contributed by atoms with Crippen molar-refractivity contribution in [2.45, 2.75) is 0 Å². The van der Waals surface area contributed by atoms with Crippen molar-refractivity contribution in [3.05, 3.63) is 101 Å². The standard InChI is InChI=1S/C27H21BrN4O2/c1-34-25-15-8-18(16-22(25)28)27(33)30-21-13-11-20(12-14-21)29-19-9-6-17(7-10-19)26-31-23-4-2-3-5-24(23)32-26/h2-16,29H,1H3,(H,30,33)(H,31,32). The number of imidazole rings is 1. The SMILES string of the molecule is COc1ccc(C(=O)Nc2ccc(Nc3ccc(-c4nc5ccccc5[nH]4)cc3)cc2)cc1Br. The fraction of sp³-hybridized carbons (Fsp3) is 0.0370. The van der Waals surface area contributed by atoms with Gasteiger partial charge < -0.3 is 20.4 Å². The molecule has 5 aromatic rings. The Bertz CT molecular complexity index is 1430. The number of ether oxygens (including phenoxy) is 1. The van der Waals surface area contributed by atoms with Crippen LogP contribution in [0.5, 0.6) is 5.75 Å². The number of H-pyrrole nitrogens is 1. The number of amides is 1. The van der Waals surface area contributed by atoms with Crippen LogP contribution in [0.15, 0.2) is 95.5 Å². The van der Waals surface area contributed by atoms with Crippen molar-refractivity contribution >= 4 is 49.9 Å². The molecule has 4 aromatic carbocycles. The average Bonchev–Trinajstić information content (AvgIpc) is 3.30. The fourth-order valence-corrected chi connectivity index (χ4v) is 4.16. The van der Waals surface area contributed by atoms with Crippen LogP contribution in [0, 0.1) is 0 Å². The van der Waals surface area contributed by atoms with Gasteiger partial charge in [0.05, 0.1) is 22.6 Å². The molecule has 1 amide bonds. The number of aromatic nitrogens is 2. The Balaban J connectivity index is 1.23. The number of hydrogen-bond donors (Lipinski definition) is 3. The molecule has 34 heavy (non-hydrogen) atoms. The summed E-state index contributed by atoms with van der Waals surface area (Å²) in [5.74, 6) is 1.33. The molecule has 6 nitrogen and oxygen atoms in total. The van der Waals surface area contributed by atoms with Crippen LogP contribution in [-0.2, 0) is 0 Å². The third kappa shape index (κ3) is 4.65. The van der Waals surface area contributed by atoms with Crippen LogP contribution in [0.1, 0.15) is 10.4 Å². The maximum absolute atomic E-state index is 12.6. The smallest absolute Gasteiger partial charge is 0.255 e. The second-order valence-electron chi connectivity index (χ2n) is 7.69. The number of para-hydroxylation sites is 2. The largest absolute Gasteiger partial charge is 0.496 e. The van der Waals surface area contributed by atoms with Gasteiger partial charge in [0.25, 0.3) is 5.91 Å². The van der Waals surface area contributed by atoms with Crippen LogP contribution in [0.2, 0.25) is 0 Å². The van der Waals surface area contributed by atoms with E-state index in [1.165, 1.54) is 0 Å². The number of aromatic amines is 1. The number of halogens is 1. The molecule has 0 spiro atoms. The second-order valence-corrected chi connectivity index (χ2v) is 8.54. The number of carbonyl (C=O) groups is 1. The molecule has 0 saturated carbocycles. The average molecular weight is 513 g/mol. The van der Waals surface area contributed by atoms with Crippen molar-refractivity contribution in [3.8, 4) is 17.1 Å². The molecule has 7 heteroatoms. The molecule has 0 bridgehead atoms. The van der Waals surface area contributed by atoms with Gasteiger partial charge in [-0.3, -0.25) is 4.79 Å². The lowest BCUT2D eigenvalue weighted by Crippen LogP contribution is -2.11. The van der Waals surface area contributed by atoms with Crippen LogP contribution >= 0.6 is 15.9 Å². The normalized spacial score (nSPS) is 10.8. The van der Waals surface area contributed by atoms with E-state index in [4.69, 9.17) is 4.74 Å². The van der Waals surface area contributed by atoms with E-state index in [2.05, 4.69) is 36.5 Å². The van der Waals surface area contributed by atoms with Crippen LogP contribution in [0.4, 0.5) is 17.1 Å². The Hall–Kier alpha value is -4.10. The highest BCUT2D eigenvalue weighted by molar-refractivity contribution is 9.10. The summed E-state index contributed by atoms with van der Waals surface area (Å²) >= 11 is 3.41. The number of benzene rings is 4. The van der Waals surface area contributed by atoms with Gasteiger partial charge in [0.2, 0.25) is 0 Å². The molecule has 5 rings (SSSR count). The van der Waals surface area contributed by atoms with Crippen LogP contribution in [0.3, 0.4) is 0 Å². The number of fused-ring (bicyclic) bond motifs is 1. The van der Waals surface area contributed by atoms with Gasteiger partial charge in [0, 0.05) is 28.2 Å². The Kier molecular flexibility index (Phi) is 6.01. The number of hydrogen-bond acceptors (Lipinski definition) is 4. The lowest BCUT2D eigenvalue weighted by atomic mass is 10.2. The first-order valence-corrected chi connectivity index (χ1v) is 11.5. The zero-order valence-electron chi connectivity index (χ0n) is 18.3. The summed E-state index contributed by atoms with van der Waals surface area (Å²) in [5.41, 5.74) is 6.12. The van der Waals surface area contributed by atoms with E-state index in [0.29, 0.717) is 17.0 Å². The third-order valence-electron chi connectivity index (χ3n) is 5.39. The van der Waals surface area contributed by atoms with Crippen molar-refractivity contribution in [1.82, 2.24) is 9.97 Å². The maximum Gasteiger partial charge on any atom is 0.255 e. The zero-order valence-corrected chi connectivity index (χ0v) is 19.9. The summed E-state index contributed by atoms with van der Waals surface area (Å²) in [6.07, 6.45) is 0. The molecule has 0 radical (unpaired) electrons. The minimum absolute atomic E-state index is 0.190. The molecular weight excluding hydrogens is 492 g/mol. The van der Waals surface area contributed by atoms with Gasteiger partial charge in [-0.15, -0.1) is 0 Å². The van der Waals surface area contributed by atoms with Crippen LogP contribution < -0.4 is 15.4 Å². The molecule has 1 aromatic heterocycles. The minimum Gasteiger partial charge on any atom is -0.496 e. The number of carbonyl (C=O) groups excluding carboxylic acids is 1. The Labute approximate surface area is 205 Å². The van der Waals surface area contributed by atoms with E-state index < -0.39 is 0 Å². The highest BCUT2D eigenvalue weighted by atomic mass is 79.9. The predicted octanol–water partition coefficient (Wildman–Crippen LogP) is 7.00. The Morgan fingerprint density at radius 2 is 1.56 bits per heavy atom. The summed E-state index contributed by atoms with van der Waals surface area (Å²) in [4.78, 5) is 20.5. The first kappa shape index (κ1) is 21.7. The highest BCUT2D eigenvalue weighted by Gasteiger charge is 2.10. The van der Waals surface area contributed by atoms with E-state index in [9.17, 15) is 4.79 Å². The van der Waals surface area contributed by atoms with Gasteiger partial charge in [0.1, 0.15) is 11.6 Å². The lowest BCUT2D eigenvalue weighted by Gasteiger charge is -2.10. The summed E-state index contributed by atoms with van der Waals surface area (Å²) in [6.45, 7) is 0. The summed E-state index contributed by atoms with van der Waals surface area (Å²) in [7, 11) is 1.59. The van der Waals surface area contributed by atoms with E-state index >= 15 is 0 Å². The van der Waals surface area contributed by atoms with Gasteiger partial charge >= 0.3 is 0 Å². The Morgan fingerprint density at radius 1 is 0.882 bits per heavy atom. The molecule has 0 fully saturated rings. The molecule has 0 aliphatic heterocycles. The summed E-state index contributed by atoms with van der Waals surface area (Å²) < 4.78 is 5.94. The molecule has 3 N–H and O–H groups in total. The molecule has 168 valence electrons. The Morgan fingerprint density at radius 3 is 2.24 bits per heavy atom. The molecule has 0 saturated heterocycles. The van der Waals surface area contributed by atoms with Gasteiger partial charge in [-0.2, -0.15) is 0 Å². The van der Waals surface area contributed by atoms with E-state index in [0.717, 1.165) is 38.3 Å². The molecule has 0 aliphatic carbocycles.